The van der Waals surface area contributed by atoms with Crippen molar-refractivity contribution in [1.29, 1.82) is 0 Å². The molecule has 1 amide bonds. The van der Waals surface area contributed by atoms with Crippen LogP contribution in [0.5, 0.6) is 0 Å². The van der Waals surface area contributed by atoms with Gasteiger partial charge in [-0.1, -0.05) is 0 Å². The Morgan fingerprint density at radius 3 is 2.72 bits per heavy atom. The predicted molar refractivity (Wildman–Crippen MR) is 73.5 cm³/mol. The highest BCUT2D eigenvalue weighted by Gasteiger charge is 2.25. The number of carbonyl (C=O) groups is 1. The Hall–Kier alpha value is -0.810. The van der Waals surface area contributed by atoms with Crippen molar-refractivity contribution in [3.05, 3.63) is 22.4 Å². The number of aliphatic hydroxyl groups excluding tert-OH is 1. The van der Waals surface area contributed by atoms with Crippen molar-refractivity contribution in [1.82, 2.24) is 9.47 Å². The highest BCUT2D eigenvalue weighted by atomic mass is 79.9. The maximum absolute atomic E-state index is 12.4. The molecule has 0 aromatic carbocycles. The van der Waals surface area contributed by atoms with Crippen LogP contribution < -0.4 is 0 Å². The molecule has 0 bridgehead atoms. The van der Waals surface area contributed by atoms with E-state index in [0.29, 0.717) is 5.92 Å². The lowest BCUT2D eigenvalue weighted by Gasteiger charge is -2.31. The lowest BCUT2D eigenvalue weighted by molar-refractivity contribution is 0.0640. The van der Waals surface area contributed by atoms with Crippen LogP contribution in [0.15, 0.2) is 16.7 Å². The fraction of sp³-hybridized carbons (Fsp3) is 0.615. The Morgan fingerprint density at radius 2 is 2.17 bits per heavy atom. The number of hydrogen-bond acceptors (Lipinski definition) is 2. The molecule has 2 rings (SSSR count). The monoisotopic (exact) mass is 314 g/mol. The van der Waals surface area contributed by atoms with Gasteiger partial charge >= 0.3 is 0 Å². The number of hydrogen-bond donors (Lipinski definition) is 1. The predicted octanol–water partition coefficient (Wildman–Crippen LogP) is 2.11. The van der Waals surface area contributed by atoms with Crippen LogP contribution >= 0.6 is 15.9 Å². The molecule has 5 heteroatoms. The van der Waals surface area contributed by atoms with E-state index in [1.54, 1.807) is 0 Å². The number of piperidine rings is 1. The second-order valence-corrected chi connectivity index (χ2v) is 5.66. The van der Waals surface area contributed by atoms with Crippen molar-refractivity contribution >= 4 is 21.8 Å². The lowest BCUT2D eigenvalue weighted by Crippen LogP contribution is -2.39. The maximum Gasteiger partial charge on any atom is 0.270 e. The molecule has 1 aromatic heterocycles. The van der Waals surface area contributed by atoms with E-state index in [1.165, 1.54) is 0 Å². The van der Waals surface area contributed by atoms with Crippen LogP contribution in [0.3, 0.4) is 0 Å². The topological polar surface area (TPSA) is 45.5 Å². The number of amides is 1. The van der Waals surface area contributed by atoms with E-state index in [0.717, 1.165) is 42.6 Å². The van der Waals surface area contributed by atoms with Crippen LogP contribution in [0.4, 0.5) is 0 Å². The molecule has 18 heavy (non-hydrogen) atoms. The number of aliphatic hydroxyl groups is 1. The number of likely N-dealkylation sites (tertiary alicyclic amines) is 1. The first-order valence-electron chi connectivity index (χ1n) is 6.41. The number of aromatic nitrogens is 1. The van der Waals surface area contributed by atoms with E-state index in [9.17, 15) is 4.79 Å². The fourth-order valence-electron chi connectivity index (χ4n) is 2.40. The molecule has 0 radical (unpaired) electrons. The first kappa shape index (κ1) is 13.6. The van der Waals surface area contributed by atoms with Gasteiger partial charge in [-0.2, -0.15) is 0 Å². The zero-order valence-corrected chi connectivity index (χ0v) is 12.2. The minimum Gasteiger partial charge on any atom is -0.396 e. The van der Waals surface area contributed by atoms with Gasteiger partial charge in [-0.05, 0) is 47.7 Å². The van der Waals surface area contributed by atoms with Gasteiger partial charge in [-0.3, -0.25) is 4.79 Å². The molecule has 1 aromatic rings. The van der Waals surface area contributed by atoms with Crippen molar-refractivity contribution in [2.24, 2.45) is 5.92 Å². The van der Waals surface area contributed by atoms with Crippen molar-refractivity contribution in [3.8, 4) is 0 Å². The Labute approximate surface area is 116 Å². The van der Waals surface area contributed by atoms with E-state index in [2.05, 4.69) is 15.9 Å². The minimum absolute atomic E-state index is 0.0962. The second kappa shape index (κ2) is 5.89. The summed E-state index contributed by atoms with van der Waals surface area (Å²) in [5, 5.41) is 9.10. The van der Waals surface area contributed by atoms with Gasteiger partial charge in [-0.15, -0.1) is 0 Å². The van der Waals surface area contributed by atoms with E-state index in [4.69, 9.17) is 5.11 Å². The molecule has 2 heterocycles. The van der Waals surface area contributed by atoms with Crippen LogP contribution in [-0.4, -0.2) is 40.2 Å². The zero-order chi connectivity index (χ0) is 13.1. The molecule has 0 atom stereocenters. The summed E-state index contributed by atoms with van der Waals surface area (Å²) >= 11 is 3.41. The lowest BCUT2D eigenvalue weighted by atomic mass is 9.98. The molecule has 0 spiro atoms. The standard InChI is InChI=1S/C13H19BrN2O2/c1-2-15-8-11(14)7-12(15)13(18)16-5-3-10(9-17)4-6-16/h7-8,10,17H,2-6,9H2,1H3. The summed E-state index contributed by atoms with van der Waals surface area (Å²) in [7, 11) is 0. The number of rotatable bonds is 3. The number of aryl methyl sites for hydroxylation is 1. The van der Waals surface area contributed by atoms with Gasteiger partial charge in [0.2, 0.25) is 0 Å². The Bertz CT molecular complexity index is 423. The van der Waals surface area contributed by atoms with E-state index in [-0.39, 0.29) is 12.5 Å². The van der Waals surface area contributed by atoms with E-state index in [1.807, 2.05) is 28.7 Å². The van der Waals surface area contributed by atoms with Gasteiger partial charge in [-0.25, -0.2) is 0 Å². The van der Waals surface area contributed by atoms with Gasteiger partial charge in [0.1, 0.15) is 5.69 Å². The molecule has 0 unspecified atom stereocenters. The SMILES string of the molecule is CCn1cc(Br)cc1C(=O)N1CCC(CO)CC1. The molecule has 1 aliphatic rings. The van der Waals surface area contributed by atoms with Crippen LogP contribution in [0.1, 0.15) is 30.3 Å². The normalized spacial score (nSPS) is 17.2. The maximum atomic E-state index is 12.4. The summed E-state index contributed by atoms with van der Waals surface area (Å²) in [6.07, 6.45) is 3.74. The fourth-order valence-corrected chi connectivity index (χ4v) is 2.86. The molecular weight excluding hydrogens is 296 g/mol. The zero-order valence-electron chi connectivity index (χ0n) is 10.6. The number of carbonyl (C=O) groups excluding carboxylic acids is 1. The van der Waals surface area contributed by atoms with Crippen molar-refractivity contribution in [2.45, 2.75) is 26.3 Å². The minimum atomic E-state index is 0.0962. The third kappa shape index (κ3) is 2.78. The largest absolute Gasteiger partial charge is 0.396 e. The highest BCUT2D eigenvalue weighted by molar-refractivity contribution is 9.10. The molecule has 1 fully saturated rings. The quantitative estimate of drug-likeness (QED) is 0.928. The van der Waals surface area contributed by atoms with Crippen molar-refractivity contribution < 1.29 is 9.90 Å². The van der Waals surface area contributed by atoms with Crippen molar-refractivity contribution in [2.75, 3.05) is 19.7 Å². The first-order chi connectivity index (χ1) is 8.65. The van der Waals surface area contributed by atoms with Gasteiger partial charge in [0.15, 0.2) is 0 Å². The van der Waals surface area contributed by atoms with E-state index < -0.39 is 0 Å². The molecular formula is C13H19BrN2O2. The summed E-state index contributed by atoms with van der Waals surface area (Å²) < 4.78 is 2.91. The third-order valence-electron chi connectivity index (χ3n) is 3.58. The molecule has 1 N–H and O–H groups in total. The Kier molecular flexibility index (Phi) is 4.45. The van der Waals surface area contributed by atoms with Gasteiger partial charge < -0.3 is 14.6 Å². The van der Waals surface area contributed by atoms with Gasteiger partial charge in [0.05, 0.1) is 0 Å². The van der Waals surface area contributed by atoms with Crippen molar-refractivity contribution in [3.63, 3.8) is 0 Å². The second-order valence-electron chi connectivity index (χ2n) is 4.75. The Morgan fingerprint density at radius 1 is 1.50 bits per heavy atom. The van der Waals surface area contributed by atoms with Gasteiger partial charge in [0, 0.05) is 36.9 Å². The molecule has 1 saturated heterocycles. The summed E-state index contributed by atoms with van der Waals surface area (Å²) in [6.45, 7) is 4.55. The third-order valence-corrected chi connectivity index (χ3v) is 4.02. The van der Waals surface area contributed by atoms with Crippen LogP contribution in [0.25, 0.3) is 0 Å². The summed E-state index contributed by atoms with van der Waals surface area (Å²) in [5.41, 5.74) is 0.742. The number of nitrogens with zero attached hydrogens (tertiary/aromatic N) is 2. The Balaban J connectivity index is 2.07. The first-order valence-corrected chi connectivity index (χ1v) is 7.20. The van der Waals surface area contributed by atoms with Crippen LogP contribution in [0.2, 0.25) is 0 Å². The summed E-state index contributed by atoms with van der Waals surface area (Å²) in [4.78, 5) is 14.3. The summed E-state index contributed by atoms with van der Waals surface area (Å²) in [6, 6.07) is 1.88. The van der Waals surface area contributed by atoms with Crippen LogP contribution in [0, 0.1) is 5.92 Å². The van der Waals surface area contributed by atoms with Gasteiger partial charge in [0.25, 0.3) is 5.91 Å². The average molecular weight is 315 g/mol. The smallest absolute Gasteiger partial charge is 0.270 e. The highest BCUT2D eigenvalue weighted by Crippen LogP contribution is 2.21. The average Bonchev–Trinajstić information content (AvgIpc) is 2.79. The molecule has 0 aliphatic carbocycles. The molecule has 1 aliphatic heterocycles. The van der Waals surface area contributed by atoms with Crippen LogP contribution in [-0.2, 0) is 6.54 Å². The summed E-state index contributed by atoms with van der Waals surface area (Å²) in [5.74, 6) is 0.456. The van der Waals surface area contributed by atoms with E-state index >= 15 is 0 Å². The molecule has 100 valence electrons. The number of halogens is 1. The molecule has 4 nitrogen and oxygen atoms in total. The molecule has 0 saturated carbocycles.